The number of rotatable bonds is 4. The molecule has 3 aromatic heterocycles. The fourth-order valence-electron chi connectivity index (χ4n) is 4.25. The molecule has 0 N–H and O–H groups in total. The van der Waals surface area contributed by atoms with Gasteiger partial charge in [-0.1, -0.05) is 37.3 Å². The van der Waals surface area contributed by atoms with E-state index in [9.17, 15) is 0 Å². The smallest absolute Gasteiger partial charge is 0.253 e. The Balaban J connectivity index is 1.70. The first kappa shape index (κ1) is 18.5. The van der Waals surface area contributed by atoms with E-state index in [1.54, 1.807) is 10.9 Å². The molecule has 8 heteroatoms. The molecular weight excluding hydrogens is 376 g/mol. The van der Waals surface area contributed by atoms with Crippen molar-refractivity contribution in [3.8, 4) is 22.9 Å². The summed E-state index contributed by atoms with van der Waals surface area (Å²) in [7, 11) is 0. The third-order valence-electron chi connectivity index (χ3n) is 5.55. The summed E-state index contributed by atoms with van der Waals surface area (Å²) in [4.78, 5) is 12.0. The Kier molecular flexibility index (Phi) is 4.34. The summed E-state index contributed by atoms with van der Waals surface area (Å²) in [5.41, 5.74) is 2.93. The molecule has 8 nitrogen and oxygen atoms in total. The molecule has 1 aromatic carbocycles. The predicted octanol–water partition coefficient (Wildman–Crippen LogP) is 3.90. The first-order valence-corrected chi connectivity index (χ1v) is 10.3. The highest BCUT2D eigenvalue weighted by atomic mass is 15.4. The molecule has 152 valence electrons. The zero-order valence-electron chi connectivity index (χ0n) is 17.6. The van der Waals surface area contributed by atoms with Gasteiger partial charge in [-0.05, 0) is 33.3 Å². The molecule has 1 unspecified atom stereocenters. The number of aryl methyl sites for hydroxylation is 1. The number of aromatic nitrogens is 7. The van der Waals surface area contributed by atoms with Crippen LogP contribution in [0.4, 0.5) is 5.82 Å². The van der Waals surface area contributed by atoms with Gasteiger partial charge in [0.25, 0.3) is 5.95 Å². The summed E-state index contributed by atoms with van der Waals surface area (Å²) in [5.74, 6) is 3.21. The van der Waals surface area contributed by atoms with E-state index in [0.29, 0.717) is 5.95 Å². The van der Waals surface area contributed by atoms with Crippen molar-refractivity contribution in [3.63, 3.8) is 0 Å². The highest BCUT2D eigenvalue weighted by Crippen LogP contribution is 2.40. The Labute approximate surface area is 175 Å². The summed E-state index contributed by atoms with van der Waals surface area (Å²) >= 11 is 0. The lowest BCUT2D eigenvalue weighted by molar-refractivity contribution is 0.495. The summed E-state index contributed by atoms with van der Waals surface area (Å²) < 4.78 is 3.87. The highest BCUT2D eigenvalue weighted by Gasteiger charge is 2.36. The third-order valence-corrected chi connectivity index (χ3v) is 5.55. The van der Waals surface area contributed by atoms with Crippen molar-refractivity contribution in [2.24, 2.45) is 0 Å². The average Bonchev–Trinajstić information content (AvgIpc) is 3.40. The van der Waals surface area contributed by atoms with Gasteiger partial charge in [-0.3, -0.25) is 4.57 Å². The van der Waals surface area contributed by atoms with Gasteiger partial charge >= 0.3 is 0 Å². The van der Waals surface area contributed by atoms with E-state index in [0.717, 1.165) is 40.8 Å². The monoisotopic (exact) mass is 400 g/mol. The van der Waals surface area contributed by atoms with Crippen LogP contribution in [-0.4, -0.2) is 40.6 Å². The second-order valence-electron chi connectivity index (χ2n) is 7.74. The standard InChI is InChI=1S/C22H24N8/c1-5-17-21-27-26-15(4)29(21)19-13-23-22(25-20(19)28(17)14(2)3)30-18(11-12-24-30)16-9-7-6-8-10-16/h6-14,17H,5H2,1-4H3. The van der Waals surface area contributed by atoms with Crippen LogP contribution in [0.15, 0.2) is 48.8 Å². The van der Waals surface area contributed by atoms with Crippen LogP contribution in [0, 0.1) is 6.92 Å². The summed E-state index contributed by atoms with van der Waals surface area (Å²) in [6.07, 6.45) is 4.55. The number of anilines is 1. The number of benzene rings is 1. The first-order chi connectivity index (χ1) is 14.6. The quantitative estimate of drug-likeness (QED) is 0.517. The Morgan fingerprint density at radius 2 is 1.87 bits per heavy atom. The molecule has 0 fully saturated rings. The van der Waals surface area contributed by atoms with Crippen LogP contribution in [0.5, 0.6) is 0 Å². The van der Waals surface area contributed by atoms with E-state index in [4.69, 9.17) is 4.98 Å². The second-order valence-corrected chi connectivity index (χ2v) is 7.74. The van der Waals surface area contributed by atoms with Gasteiger partial charge in [0.2, 0.25) is 0 Å². The summed E-state index contributed by atoms with van der Waals surface area (Å²) in [5, 5.41) is 13.3. The maximum absolute atomic E-state index is 5.00. The van der Waals surface area contributed by atoms with Gasteiger partial charge in [-0.25, -0.2) is 4.98 Å². The maximum atomic E-state index is 5.00. The topological polar surface area (TPSA) is 77.5 Å². The fraction of sp³-hybridized carbons (Fsp3) is 0.318. The highest BCUT2D eigenvalue weighted by molar-refractivity contribution is 5.64. The van der Waals surface area contributed by atoms with Crippen molar-refractivity contribution in [1.29, 1.82) is 0 Å². The van der Waals surface area contributed by atoms with E-state index >= 15 is 0 Å². The van der Waals surface area contributed by atoms with Crippen molar-refractivity contribution in [1.82, 2.24) is 34.5 Å². The van der Waals surface area contributed by atoms with Crippen LogP contribution in [0.25, 0.3) is 22.9 Å². The zero-order chi connectivity index (χ0) is 20.8. The average molecular weight is 400 g/mol. The lowest BCUT2D eigenvalue weighted by atomic mass is 10.1. The molecule has 1 atom stereocenters. The molecule has 0 bridgehead atoms. The molecule has 0 amide bonds. The van der Waals surface area contributed by atoms with Gasteiger partial charge in [0.15, 0.2) is 11.6 Å². The fourth-order valence-corrected chi connectivity index (χ4v) is 4.25. The van der Waals surface area contributed by atoms with Gasteiger partial charge in [0.05, 0.1) is 24.1 Å². The first-order valence-electron chi connectivity index (χ1n) is 10.3. The van der Waals surface area contributed by atoms with Crippen LogP contribution in [0.3, 0.4) is 0 Å². The van der Waals surface area contributed by atoms with Crippen molar-refractivity contribution in [2.75, 3.05) is 4.90 Å². The predicted molar refractivity (Wildman–Crippen MR) is 115 cm³/mol. The Morgan fingerprint density at radius 3 is 2.60 bits per heavy atom. The van der Waals surface area contributed by atoms with Gasteiger partial charge in [0.1, 0.15) is 11.5 Å². The van der Waals surface area contributed by atoms with Gasteiger partial charge in [-0.15, -0.1) is 10.2 Å². The SMILES string of the molecule is CCC1c2nnc(C)n2-c2cnc(-n3nccc3-c3ccccc3)nc2N1C(C)C. The second kappa shape index (κ2) is 7.05. The van der Waals surface area contributed by atoms with E-state index in [2.05, 4.69) is 62.7 Å². The normalized spacial score (nSPS) is 15.4. The van der Waals surface area contributed by atoms with Crippen molar-refractivity contribution >= 4 is 5.82 Å². The molecule has 0 radical (unpaired) electrons. The van der Waals surface area contributed by atoms with Crippen molar-refractivity contribution in [2.45, 2.75) is 46.2 Å². The zero-order valence-corrected chi connectivity index (χ0v) is 17.6. The van der Waals surface area contributed by atoms with Crippen molar-refractivity contribution in [3.05, 3.63) is 60.4 Å². The molecule has 1 aliphatic rings. The summed E-state index contributed by atoms with van der Waals surface area (Å²) in [6.45, 7) is 8.49. The number of hydrogen-bond acceptors (Lipinski definition) is 6. The lowest BCUT2D eigenvalue weighted by Gasteiger charge is -2.39. The molecule has 5 rings (SSSR count). The minimum atomic E-state index is 0.104. The Morgan fingerprint density at radius 1 is 1.07 bits per heavy atom. The molecule has 0 aliphatic carbocycles. The Bertz CT molecular complexity index is 1190. The van der Waals surface area contributed by atoms with Crippen LogP contribution in [-0.2, 0) is 0 Å². The van der Waals surface area contributed by atoms with E-state index < -0.39 is 0 Å². The molecule has 0 saturated heterocycles. The Hall–Kier alpha value is -3.55. The third kappa shape index (κ3) is 2.71. The van der Waals surface area contributed by atoms with Crippen LogP contribution < -0.4 is 4.90 Å². The number of fused-ring (bicyclic) bond motifs is 3. The minimum Gasteiger partial charge on any atom is -0.342 e. The minimum absolute atomic E-state index is 0.104. The van der Waals surface area contributed by atoms with E-state index in [1.165, 1.54) is 0 Å². The number of hydrogen-bond donors (Lipinski definition) is 0. The van der Waals surface area contributed by atoms with Crippen LogP contribution >= 0.6 is 0 Å². The van der Waals surface area contributed by atoms with E-state index in [-0.39, 0.29) is 12.1 Å². The summed E-state index contributed by atoms with van der Waals surface area (Å²) in [6, 6.07) is 12.5. The molecule has 4 heterocycles. The van der Waals surface area contributed by atoms with Gasteiger partial charge in [-0.2, -0.15) is 14.8 Å². The van der Waals surface area contributed by atoms with Gasteiger partial charge in [0, 0.05) is 11.6 Å². The lowest BCUT2D eigenvalue weighted by Crippen LogP contribution is -2.40. The molecule has 0 spiro atoms. The van der Waals surface area contributed by atoms with E-state index in [1.807, 2.05) is 37.4 Å². The van der Waals surface area contributed by atoms with Crippen LogP contribution in [0.2, 0.25) is 0 Å². The van der Waals surface area contributed by atoms with Crippen LogP contribution in [0.1, 0.15) is 44.9 Å². The maximum Gasteiger partial charge on any atom is 0.253 e. The van der Waals surface area contributed by atoms with Crippen molar-refractivity contribution < 1.29 is 0 Å². The van der Waals surface area contributed by atoms with Gasteiger partial charge < -0.3 is 4.90 Å². The number of nitrogens with zero attached hydrogens (tertiary/aromatic N) is 8. The largest absolute Gasteiger partial charge is 0.342 e. The molecule has 4 aromatic rings. The molecule has 0 saturated carbocycles. The molecule has 30 heavy (non-hydrogen) atoms. The molecule has 1 aliphatic heterocycles. The molecular formula is C22H24N8.